The van der Waals surface area contributed by atoms with Crippen molar-refractivity contribution in [3.63, 3.8) is 0 Å². The molecule has 34 heavy (non-hydrogen) atoms. The first kappa shape index (κ1) is 24.3. The molecule has 1 heterocycles. The van der Waals surface area contributed by atoms with Gasteiger partial charge in [0.25, 0.3) is 5.91 Å². The number of fused-ring (bicyclic) bond motifs is 1. The minimum atomic E-state index is -0.433. The second kappa shape index (κ2) is 10.6. The summed E-state index contributed by atoms with van der Waals surface area (Å²) in [7, 11) is 0. The highest BCUT2D eigenvalue weighted by Gasteiger charge is 2.14. The number of thiazole rings is 1. The van der Waals surface area contributed by atoms with Crippen LogP contribution in [0.25, 0.3) is 21.9 Å². The normalized spacial score (nSPS) is 11.3. The molecule has 0 saturated carbocycles. The van der Waals surface area contributed by atoms with E-state index < -0.39 is 5.91 Å². The second-order valence-electron chi connectivity index (χ2n) is 6.94. The molecule has 0 spiro atoms. The Bertz CT molecular complexity index is 1420. The number of hydrogen-bond donors (Lipinski definition) is 1. The van der Waals surface area contributed by atoms with E-state index in [9.17, 15) is 10.1 Å². The molecule has 4 aromatic rings. The van der Waals surface area contributed by atoms with Crippen LogP contribution in [-0.2, 0) is 4.79 Å². The van der Waals surface area contributed by atoms with Gasteiger partial charge in [-0.05, 0) is 54.1 Å². The molecule has 0 bridgehead atoms. The average Bonchev–Trinajstić information content (AvgIpc) is 3.23. The molecule has 0 aliphatic heterocycles. The van der Waals surface area contributed by atoms with Gasteiger partial charge in [0.1, 0.15) is 11.1 Å². The maximum atomic E-state index is 12.2. The van der Waals surface area contributed by atoms with Crippen molar-refractivity contribution in [2.45, 2.75) is 0 Å². The van der Waals surface area contributed by atoms with E-state index >= 15 is 0 Å². The summed E-state index contributed by atoms with van der Waals surface area (Å²) in [5.74, 6) is -0.277. The summed E-state index contributed by atoms with van der Waals surface area (Å²) in [6.07, 6.45) is 1.65. The van der Waals surface area contributed by atoms with Crippen molar-refractivity contribution in [1.29, 1.82) is 5.26 Å². The van der Waals surface area contributed by atoms with Crippen LogP contribution in [0.1, 0.15) is 10.6 Å². The lowest BCUT2D eigenvalue weighted by Gasteiger charge is -2.11. The number of aromatic nitrogens is 1. The summed E-state index contributed by atoms with van der Waals surface area (Å²) in [6, 6.07) is 17.7. The van der Waals surface area contributed by atoms with Crippen LogP contribution < -0.4 is 10.1 Å². The number of carbonyl (C=O) groups excluding carboxylic acids is 1. The fraction of sp³-hybridized carbons (Fsp3) is 0.0417. The molecule has 4 rings (SSSR count). The number of allylic oxidation sites excluding steroid dienone is 1. The molecular formula is C24H13Cl4N3O2S. The molecule has 10 heteroatoms. The SMILES string of the molecule is N#C/C(=C\c1cc(Cl)c(OCC(=O)Nc2ccc(Cl)c(Cl)c2)c(Cl)c1)c1nc2ccccc2s1. The minimum absolute atomic E-state index is 0.156. The molecule has 1 N–H and O–H groups in total. The van der Waals surface area contributed by atoms with Gasteiger partial charge >= 0.3 is 0 Å². The van der Waals surface area contributed by atoms with E-state index in [-0.39, 0.29) is 22.4 Å². The molecule has 0 radical (unpaired) electrons. The number of para-hydroxylation sites is 1. The Labute approximate surface area is 219 Å². The number of nitriles is 1. The lowest BCUT2D eigenvalue weighted by Crippen LogP contribution is -2.20. The monoisotopic (exact) mass is 547 g/mol. The smallest absolute Gasteiger partial charge is 0.262 e. The summed E-state index contributed by atoms with van der Waals surface area (Å²) in [6.45, 7) is -0.329. The number of anilines is 1. The molecule has 3 aromatic carbocycles. The third-order valence-corrected chi connectivity index (χ3v) is 6.90. The summed E-state index contributed by atoms with van der Waals surface area (Å²) < 4.78 is 6.52. The number of benzene rings is 3. The van der Waals surface area contributed by atoms with E-state index in [0.29, 0.717) is 31.9 Å². The Morgan fingerprint density at radius 2 is 1.76 bits per heavy atom. The van der Waals surface area contributed by atoms with Crippen LogP contribution in [0.2, 0.25) is 20.1 Å². The summed E-state index contributed by atoms with van der Waals surface area (Å²) in [5.41, 5.74) is 2.27. The number of nitrogens with zero attached hydrogens (tertiary/aromatic N) is 2. The number of ether oxygens (including phenoxy) is 1. The Morgan fingerprint density at radius 1 is 1.03 bits per heavy atom. The Balaban J connectivity index is 1.49. The number of nitrogens with one attached hydrogen (secondary N) is 1. The van der Waals surface area contributed by atoms with Gasteiger partial charge in [-0.2, -0.15) is 5.26 Å². The Hall–Kier alpha value is -2.79. The van der Waals surface area contributed by atoms with Crippen LogP contribution in [0.3, 0.4) is 0 Å². The predicted octanol–water partition coefficient (Wildman–Crippen LogP) is 7.99. The highest BCUT2D eigenvalue weighted by atomic mass is 35.5. The van der Waals surface area contributed by atoms with Crippen molar-refractivity contribution in [3.8, 4) is 11.8 Å². The van der Waals surface area contributed by atoms with Gasteiger partial charge in [0.05, 0.1) is 35.9 Å². The number of rotatable bonds is 6. The lowest BCUT2D eigenvalue weighted by molar-refractivity contribution is -0.118. The largest absolute Gasteiger partial charge is 0.481 e. The van der Waals surface area contributed by atoms with Crippen LogP contribution >= 0.6 is 57.7 Å². The zero-order valence-corrected chi connectivity index (χ0v) is 21.0. The molecule has 1 amide bonds. The predicted molar refractivity (Wildman–Crippen MR) is 140 cm³/mol. The van der Waals surface area contributed by atoms with Gasteiger partial charge in [0.2, 0.25) is 0 Å². The molecule has 0 aliphatic rings. The number of amides is 1. The maximum Gasteiger partial charge on any atom is 0.262 e. The number of halogens is 4. The maximum absolute atomic E-state index is 12.2. The van der Waals surface area contributed by atoms with Crippen molar-refractivity contribution < 1.29 is 9.53 Å². The van der Waals surface area contributed by atoms with E-state index in [1.54, 1.807) is 30.3 Å². The summed E-state index contributed by atoms with van der Waals surface area (Å²) in [4.78, 5) is 16.7. The molecule has 0 saturated heterocycles. The molecule has 170 valence electrons. The zero-order valence-electron chi connectivity index (χ0n) is 17.1. The molecule has 5 nitrogen and oxygen atoms in total. The van der Waals surface area contributed by atoms with Crippen LogP contribution in [0.5, 0.6) is 5.75 Å². The van der Waals surface area contributed by atoms with E-state index in [0.717, 1.165) is 10.2 Å². The summed E-state index contributed by atoms with van der Waals surface area (Å²) >= 11 is 26.0. The van der Waals surface area contributed by atoms with Crippen LogP contribution in [0.4, 0.5) is 5.69 Å². The van der Waals surface area contributed by atoms with Crippen LogP contribution in [0, 0.1) is 11.3 Å². The van der Waals surface area contributed by atoms with E-state index in [1.807, 2.05) is 24.3 Å². The van der Waals surface area contributed by atoms with Crippen molar-refractivity contribution >= 4 is 91.2 Å². The Kier molecular flexibility index (Phi) is 7.62. The first-order valence-electron chi connectivity index (χ1n) is 9.68. The van der Waals surface area contributed by atoms with Gasteiger partial charge in [-0.15, -0.1) is 11.3 Å². The fourth-order valence-corrected chi connectivity index (χ4v) is 4.85. The van der Waals surface area contributed by atoms with Gasteiger partial charge in [0.15, 0.2) is 12.4 Å². The quantitative estimate of drug-likeness (QED) is 0.248. The average molecular weight is 549 g/mol. The molecule has 0 unspecified atom stereocenters. The standard InChI is InChI=1S/C24H13Cl4N3O2S/c25-16-6-5-15(10-17(16)26)30-22(32)12-33-23-18(27)8-13(9-19(23)28)7-14(11-29)24-31-20-3-1-2-4-21(20)34-24/h1-10H,12H2,(H,30,32)/b14-7+. The molecule has 1 aromatic heterocycles. The van der Waals surface area contributed by atoms with Gasteiger partial charge in [-0.25, -0.2) is 4.98 Å². The second-order valence-corrected chi connectivity index (χ2v) is 9.60. The highest BCUT2D eigenvalue weighted by Crippen LogP contribution is 2.36. The van der Waals surface area contributed by atoms with Gasteiger partial charge in [-0.1, -0.05) is 58.5 Å². The van der Waals surface area contributed by atoms with Crippen molar-refractivity contribution in [2.24, 2.45) is 0 Å². The van der Waals surface area contributed by atoms with Gasteiger partial charge in [0, 0.05) is 5.69 Å². The van der Waals surface area contributed by atoms with E-state index in [4.69, 9.17) is 51.1 Å². The van der Waals surface area contributed by atoms with Gasteiger partial charge in [-0.3, -0.25) is 4.79 Å². The van der Waals surface area contributed by atoms with Crippen molar-refractivity contribution in [2.75, 3.05) is 11.9 Å². The van der Waals surface area contributed by atoms with E-state index in [1.165, 1.54) is 17.4 Å². The minimum Gasteiger partial charge on any atom is -0.481 e. The molecular weight excluding hydrogens is 536 g/mol. The topological polar surface area (TPSA) is 75.0 Å². The fourth-order valence-electron chi connectivity index (χ4n) is 3.01. The van der Waals surface area contributed by atoms with Crippen LogP contribution in [-0.4, -0.2) is 17.5 Å². The third-order valence-electron chi connectivity index (χ3n) is 4.53. The Morgan fingerprint density at radius 3 is 2.44 bits per heavy atom. The summed E-state index contributed by atoms with van der Waals surface area (Å²) in [5, 5.41) is 14.0. The molecule has 0 atom stereocenters. The first-order chi connectivity index (χ1) is 16.3. The zero-order chi connectivity index (χ0) is 24.2. The highest BCUT2D eigenvalue weighted by molar-refractivity contribution is 7.19. The lowest BCUT2D eigenvalue weighted by atomic mass is 10.1. The van der Waals surface area contributed by atoms with Crippen molar-refractivity contribution in [1.82, 2.24) is 4.98 Å². The first-order valence-corrected chi connectivity index (χ1v) is 12.0. The number of carbonyl (C=O) groups is 1. The van der Waals surface area contributed by atoms with Gasteiger partial charge < -0.3 is 10.1 Å². The van der Waals surface area contributed by atoms with E-state index in [2.05, 4.69) is 16.4 Å². The molecule has 0 aliphatic carbocycles. The number of hydrogen-bond acceptors (Lipinski definition) is 5. The molecule has 0 fully saturated rings. The van der Waals surface area contributed by atoms with Crippen molar-refractivity contribution in [3.05, 3.63) is 85.3 Å². The third kappa shape index (κ3) is 5.64. The van der Waals surface area contributed by atoms with Crippen LogP contribution in [0.15, 0.2) is 54.6 Å².